The predicted molar refractivity (Wildman–Crippen MR) is 107 cm³/mol. The molecule has 0 fully saturated rings. The third-order valence-electron chi connectivity index (χ3n) is 4.25. The van der Waals surface area contributed by atoms with Crippen molar-refractivity contribution < 1.29 is 13.9 Å². The lowest BCUT2D eigenvalue weighted by Gasteiger charge is -2.08. The van der Waals surface area contributed by atoms with Gasteiger partial charge in [0.15, 0.2) is 0 Å². The van der Waals surface area contributed by atoms with E-state index >= 15 is 0 Å². The topological polar surface area (TPSA) is 64.1 Å². The normalized spacial score (nSPS) is 10.8. The number of nitrogens with one attached hydrogen (secondary N) is 1. The number of rotatable bonds is 5. The average Bonchev–Trinajstić information content (AvgIpc) is 3.06. The van der Waals surface area contributed by atoms with Crippen molar-refractivity contribution in [3.8, 4) is 0 Å². The van der Waals surface area contributed by atoms with Crippen LogP contribution in [0.3, 0.4) is 0 Å². The maximum absolute atomic E-state index is 14.0. The van der Waals surface area contributed by atoms with Gasteiger partial charge in [0.2, 0.25) is 0 Å². The van der Waals surface area contributed by atoms with Crippen LogP contribution in [0.4, 0.5) is 15.9 Å². The number of ether oxygens (including phenoxy) is 1. The number of aromatic nitrogens is 2. The minimum absolute atomic E-state index is 0.194. The second-order valence-electron chi connectivity index (χ2n) is 6.13. The van der Waals surface area contributed by atoms with Crippen molar-refractivity contribution in [2.24, 2.45) is 0 Å². The lowest BCUT2D eigenvalue weighted by molar-refractivity contribution is 0.0478. The van der Waals surface area contributed by atoms with E-state index in [4.69, 9.17) is 4.74 Å². The van der Waals surface area contributed by atoms with Crippen LogP contribution in [0.1, 0.15) is 20.8 Å². The fourth-order valence-electron chi connectivity index (χ4n) is 2.84. The predicted octanol–water partition coefficient (Wildman–Crippen LogP) is 5.24. The molecular weight excluding hydrogens is 377 g/mol. The van der Waals surface area contributed by atoms with Gasteiger partial charge in [0.1, 0.15) is 34.3 Å². The molecule has 0 aliphatic carbocycles. The van der Waals surface area contributed by atoms with E-state index in [-0.39, 0.29) is 12.4 Å². The number of anilines is 2. The number of carbonyl (C=O) groups is 1. The first-order valence-electron chi connectivity index (χ1n) is 8.60. The van der Waals surface area contributed by atoms with Crippen LogP contribution < -0.4 is 5.32 Å². The maximum atomic E-state index is 14.0. The van der Waals surface area contributed by atoms with Crippen molar-refractivity contribution in [3.05, 3.63) is 82.7 Å². The SMILES string of the molecule is Cc1c(C(=O)OCc2ccccc2)sc2ncnc(Nc3ccccc3F)c12. The summed E-state index contributed by atoms with van der Waals surface area (Å²) in [6.45, 7) is 2.01. The number of aryl methyl sites for hydroxylation is 1. The standard InChI is InChI=1S/C21H16FN3O2S/c1-13-17-19(25-16-10-6-5-9-15(16)22)23-12-24-20(17)28-18(13)21(26)27-11-14-7-3-2-4-8-14/h2-10,12H,11H2,1H3,(H,23,24,25). The van der Waals surface area contributed by atoms with Gasteiger partial charge in [0, 0.05) is 0 Å². The first-order valence-corrected chi connectivity index (χ1v) is 9.42. The average molecular weight is 393 g/mol. The van der Waals surface area contributed by atoms with Crippen molar-refractivity contribution in [3.63, 3.8) is 0 Å². The number of thiophene rings is 1. The Morgan fingerprint density at radius 3 is 2.64 bits per heavy atom. The van der Waals surface area contributed by atoms with E-state index in [2.05, 4.69) is 15.3 Å². The van der Waals surface area contributed by atoms with Crippen molar-refractivity contribution >= 4 is 39.0 Å². The molecule has 0 atom stereocenters. The van der Waals surface area contributed by atoms with E-state index in [1.165, 1.54) is 23.7 Å². The Labute approximate surface area is 164 Å². The van der Waals surface area contributed by atoms with Crippen LogP contribution in [0.15, 0.2) is 60.9 Å². The number of fused-ring (bicyclic) bond motifs is 1. The Hall–Kier alpha value is -3.32. The van der Waals surface area contributed by atoms with Gasteiger partial charge in [0.25, 0.3) is 0 Å². The van der Waals surface area contributed by atoms with Crippen molar-refractivity contribution in [2.45, 2.75) is 13.5 Å². The van der Waals surface area contributed by atoms with E-state index < -0.39 is 5.97 Å². The second kappa shape index (κ2) is 7.74. The summed E-state index contributed by atoms with van der Waals surface area (Å²) in [5.74, 6) is -0.350. The fourth-order valence-corrected chi connectivity index (χ4v) is 3.88. The summed E-state index contributed by atoms with van der Waals surface area (Å²) < 4.78 is 19.4. The highest BCUT2D eigenvalue weighted by Crippen LogP contribution is 2.35. The fraction of sp³-hybridized carbons (Fsp3) is 0.0952. The number of nitrogens with zero attached hydrogens (tertiary/aromatic N) is 2. The zero-order valence-corrected chi connectivity index (χ0v) is 15.8. The van der Waals surface area contributed by atoms with Crippen LogP contribution in [-0.4, -0.2) is 15.9 Å². The van der Waals surface area contributed by atoms with Crippen LogP contribution in [0, 0.1) is 12.7 Å². The molecule has 2 heterocycles. The summed E-state index contributed by atoms with van der Waals surface area (Å²) in [6, 6.07) is 15.8. The lowest BCUT2D eigenvalue weighted by Crippen LogP contribution is -2.04. The van der Waals surface area contributed by atoms with E-state index in [0.717, 1.165) is 5.56 Å². The molecule has 28 heavy (non-hydrogen) atoms. The van der Waals surface area contributed by atoms with Crippen LogP contribution >= 0.6 is 11.3 Å². The molecule has 1 N–H and O–H groups in total. The molecule has 4 aromatic rings. The van der Waals surface area contributed by atoms with Crippen molar-refractivity contribution in [2.75, 3.05) is 5.32 Å². The summed E-state index contributed by atoms with van der Waals surface area (Å²) in [5.41, 5.74) is 1.93. The quantitative estimate of drug-likeness (QED) is 0.470. The Bertz CT molecular complexity index is 1150. The number of hydrogen-bond donors (Lipinski definition) is 1. The molecule has 0 saturated carbocycles. The van der Waals surface area contributed by atoms with Gasteiger partial charge in [-0.05, 0) is 30.2 Å². The molecule has 0 aliphatic heterocycles. The van der Waals surface area contributed by atoms with E-state index in [1.54, 1.807) is 18.2 Å². The summed E-state index contributed by atoms with van der Waals surface area (Å²) in [6.07, 6.45) is 1.39. The monoisotopic (exact) mass is 393 g/mol. The van der Waals surface area contributed by atoms with Gasteiger partial charge in [-0.1, -0.05) is 42.5 Å². The Kier molecular flexibility index (Phi) is 4.99. The van der Waals surface area contributed by atoms with Gasteiger partial charge in [-0.2, -0.15) is 0 Å². The molecule has 5 nitrogen and oxygen atoms in total. The molecular formula is C21H16FN3O2S. The zero-order valence-electron chi connectivity index (χ0n) is 15.0. The van der Waals surface area contributed by atoms with Gasteiger partial charge < -0.3 is 10.1 Å². The molecule has 0 amide bonds. The third-order valence-corrected chi connectivity index (χ3v) is 5.43. The molecule has 0 unspecified atom stereocenters. The first-order chi connectivity index (χ1) is 13.6. The number of esters is 1. The molecule has 2 aromatic heterocycles. The first kappa shape index (κ1) is 18.1. The number of benzene rings is 2. The van der Waals surface area contributed by atoms with Crippen molar-refractivity contribution in [1.82, 2.24) is 9.97 Å². The Balaban J connectivity index is 1.63. The minimum atomic E-state index is -0.416. The van der Waals surface area contributed by atoms with Crippen LogP contribution in [0.2, 0.25) is 0 Å². The largest absolute Gasteiger partial charge is 0.457 e. The highest BCUT2D eigenvalue weighted by atomic mass is 32.1. The van der Waals surface area contributed by atoms with Gasteiger partial charge in [-0.25, -0.2) is 19.2 Å². The number of hydrogen-bond acceptors (Lipinski definition) is 6. The van der Waals surface area contributed by atoms with Crippen LogP contribution in [0.5, 0.6) is 0 Å². The summed E-state index contributed by atoms with van der Waals surface area (Å²) in [5, 5.41) is 3.68. The smallest absolute Gasteiger partial charge is 0.349 e. The minimum Gasteiger partial charge on any atom is -0.457 e. The van der Waals surface area contributed by atoms with E-state index in [1.807, 2.05) is 37.3 Å². The molecule has 2 aromatic carbocycles. The highest BCUT2D eigenvalue weighted by Gasteiger charge is 2.21. The van der Waals surface area contributed by atoms with Crippen molar-refractivity contribution in [1.29, 1.82) is 0 Å². The number of carbonyl (C=O) groups excluding carboxylic acids is 1. The number of halogens is 1. The van der Waals surface area contributed by atoms with Gasteiger partial charge in [0.05, 0.1) is 11.1 Å². The van der Waals surface area contributed by atoms with E-state index in [9.17, 15) is 9.18 Å². The lowest BCUT2D eigenvalue weighted by atomic mass is 10.2. The van der Waals surface area contributed by atoms with Gasteiger partial charge >= 0.3 is 5.97 Å². The van der Waals surface area contributed by atoms with Crippen LogP contribution in [0.25, 0.3) is 10.2 Å². The molecule has 0 aliphatic rings. The third kappa shape index (κ3) is 3.57. The molecule has 0 radical (unpaired) electrons. The van der Waals surface area contributed by atoms with Gasteiger partial charge in [-0.15, -0.1) is 11.3 Å². The van der Waals surface area contributed by atoms with Crippen LogP contribution in [-0.2, 0) is 11.3 Å². The molecule has 4 rings (SSSR count). The molecule has 140 valence electrons. The van der Waals surface area contributed by atoms with Gasteiger partial charge in [-0.3, -0.25) is 0 Å². The maximum Gasteiger partial charge on any atom is 0.349 e. The highest BCUT2D eigenvalue weighted by molar-refractivity contribution is 7.20. The summed E-state index contributed by atoms with van der Waals surface area (Å²) in [4.78, 5) is 22.2. The molecule has 0 spiro atoms. The zero-order chi connectivity index (χ0) is 19.5. The summed E-state index contributed by atoms with van der Waals surface area (Å²) >= 11 is 1.24. The second-order valence-corrected chi connectivity index (χ2v) is 7.12. The Morgan fingerprint density at radius 1 is 1.11 bits per heavy atom. The number of para-hydroxylation sites is 1. The summed E-state index contributed by atoms with van der Waals surface area (Å²) in [7, 11) is 0. The molecule has 0 saturated heterocycles. The molecule has 7 heteroatoms. The molecule has 0 bridgehead atoms. The van der Waals surface area contributed by atoms with E-state index in [0.29, 0.717) is 32.2 Å². The Morgan fingerprint density at radius 2 is 1.86 bits per heavy atom.